The molecular formula is C21H15ClF3N7O3. The Hall–Kier alpha value is -4.39. The molecule has 0 bridgehead atoms. The number of anilines is 2. The molecule has 180 valence electrons. The smallest absolute Gasteiger partial charge is 0.433 e. The number of amides is 1. The third kappa shape index (κ3) is 5.09. The van der Waals surface area contributed by atoms with E-state index in [1.165, 1.54) is 42.7 Å². The lowest BCUT2D eigenvalue weighted by atomic mass is 10.0. The number of nitrogen functional groups attached to an aromatic ring is 1. The highest BCUT2D eigenvalue weighted by molar-refractivity contribution is 6.33. The van der Waals surface area contributed by atoms with Crippen LogP contribution in [0.25, 0.3) is 11.4 Å². The number of nitrogens with two attached hydrogens (primary N) is 1. The minimum Gasteiger partial charge on any atom is -0.478 e. The van der Waals surface area contributed by atoms with Crippen molar-refractivity contribution in [2.24, 2.45) is 0 Å². The third-order valence-corrected chi connectivity index (χ3v) is 5.16. The third-order valence-electron chi connectivity index (χ3n) is 4.85. The number of aromatic nitrogens is 5. The maximum absolute atomic E-state index is 13.6. The molecule has 0 spiro atoms. The maximum atomic E-state index is 13.6. The van der Waals surface area contributed by atoms with Crippen molar-refractivity contribution in [1.29, 1.82) is 0 Å². The molecule has 0 saturated carbocycles. The molecule has 1 aromatic carbocycles. The average molecular weight is 506 g/mol. The Kier molecular flexibility index (Phi) is 6.18. The number of nitrogens with one attached hydrogen (secondary N) is 3. The molecule has 3 heterocycles. The number of hydrogen-bond donors (Lipinski definition) is 5. The standard InChI is InChI=1S/C21H15ClF3N7O3/c22-14-6-10(2-3-12(14)20(34)35)30-19(33)18-28-8-11(29-18)5-13-16(15-4-1-9(26)7-27-15)31-32-17(13)21(23,24)25/h1-4,6-8H,5,26H2,(H,28,29)(H,30,33)(H,31,32)(H,34,35). The van der Waals surface area contributed by atoms with Gasteiger partial charge >= 0.3 is 12.1 Å². The van der Waals surface area contributed by atoms with Gasteiger partial charge in [-0.25, -0.2) is 9.78 Å². The number of hydrogen-bond acceptors (Lipinski definition) is 6. The summed E-state index contributed by atoms with van der Waals surface area (Å²) in [7, 11) is 0. The van der Waals surface area contributed by atoms with Gasteiger partial charge in [0.15, 0.2) is 5.82 Å². The van der Waals surface area contributed by atoms with Crippen molar-refractivity contribution < 1.29 is 27.9 Å². The number of carbonyl (C=O) groups excluding carboxylic acids is 1. The van der Waals surface area contributed by atoms with E-state index in [2.05, 4.69) is 25.4 Å². The van der Waals surface area contributed by atoms with Crippen molar-refractivity contribution in [3.63, 3.8) is 0 Å². The summed E-state index contributed by atoms with van der Waals surface area (Å²) in [6, 6.07) is 6.74. The van der Waals surface area contributed by atoms with Crippen LogP contribution in [0.4, 0.5) is 24.5 Å². The van der Waals surface area contributed by atoms with Crippen LogP contribution in [0, 0.1) is 0 Å². The number of aromatic amines is 2. The number of imidazole rings is 1. The summed E-state index contributed by atoms with van der Waals surface area (Å²) in [5.74, 6) is -2.11. The van der Waals surface area contributed by atoms with Crippen LogP contribution in [0.3, 0.4) is 0 Å². The molecule has 0 aliphatic rings. The zero-order valence-electron chi connectivity index (χ0n) is 17.4. The van der Waals surface area contributed by atoms with Crippen molar-refractivity contribution in [3.05, 3.63) is 76.1 Å². The number of H-pyrrole nitrogens is 2. The van der Waals surface area contributed by atoms with Gasteiger partial charge in [0.1, 0.15) is 11.4 Å². The summed E-state index contributed by atoms with van der Waals surface area (Å²) in [4.78, 5) is 34.2. The molecule has 3 aromatic heterocycles. The minimum atomic E-state index is -4.71. The molecule has 0 aliphatic carbocycles. The molecular weight excluding hydrogens is 491 g/mol. The summed E-state index contributed by atoms with van der Waals surface area (Å²) in [5.41, 5.74) is 5.12. The van der Waals surface area contributed by atoms with E-state index in [9.17, 15) is 22.8 Å². The quantitative estimate of drug-likeness (QED) is 0.264. The zero-order valence-corrected chi connectivity index (χ0v) is 18.2. The Bertz CT molecular complexity index is 1410. The van der Waals surface area contributed by atoms with Gasteiger partial charge in [-0.3, -0.25) is 14.9 Å². The number of rotatable bonds is 6. The number of nitrogens with zero attached hydrogens (tertiary/aromatic N) is 3. The lowest BCUT2D eigenvalue weighted by Crippen LogP contribution is -2.14. The fourth-order valence-electron chi connectivity index (χ4n) is 3.24. The molecule has 0 radical (unpaired) electrons. The second kappa shape index (κ2) is 9.10. The van der Waals surface area contributed by atoms with E-state index in [0.717, 1.165) is 0 Å². The highest BCUT2D eigenvalue weighted by Gasteiger charge is 2.37. The topological polar surface area (TPSA) is 163 Å². The molecule has 4 aromatic rings. The second-order valence-electron chi connectivity index (χ2n) is 7.29. The highest BCUT2D eigenvalue weighted by Crippen LogP contribution is 2.35. The van der Waals surface area contributed by atoms with Gasteiger partial charge < -0.3 is 21.1 Å². The Balaban J connectivity index is 1.58. The molecule has 6 N–H and O–H groups in total. The number of benzene rings is 1. The number of aromatic carboxylic acids is 1. The number of carbonyl (C=O) groups is 2. The van der Waals surface area contributed by atoms with Crippen LogP contribution in [0.15, 0.2) is 42.7 Å². The molecule has 4 rings (SSSR count). The van der Waals surface area contributed by atoms with Crippen LogP contribution >= 0.6 is 11.6 Å². The average Bonchev–Trinajstić information content (AvgIpc) is 3.42. The number of halogens is 4. The summed E-state index contributed by atoms with van der Waals surface area (Å²) >= 11 is 5.89. The Morgan fingerprint density at radius 1 is 1.14 bits per heavy atom. The number of carboxylic acid groups (broad SMARTS) is 1. The van der Waals surface area contributed by atoms with Crippen molar-refractivity contribution >= 4 is 34.9 Å². The van der Waals surface area contributed by atoms with Crippen molar-refractivity contribution in [1.82, 2.24) is 25.1 Å². The fourth-order valence-corrected chi connectivity index (χ4v) is 3.50. The van der Waals surface area contributed by atoms with Gasteiger partial charge in [-0.2, -0.15) is 18.3 Å². The summed E-state index contributed by atoms with van der Waals surface area (Å²) in [6.45, 7) is 0. The van der Waals surface area contributed by atoms with Gasteiger partial charge in [-0.1, -0.05) is 11.6 Å². The van der Waals surface area contributed by atoms with E-state index in [1.54, 1.807) is 0 Å². The molecule has 10 nitrogen and oxygen atoms in total. The number of alkyl halides is 3. The highest BCUT2D eigenvalue weighted by atomic mass is 35.5. The SMILES string of the molecule is Nc1ccc(-c2n[nH]c(C(F)(F)F)c2Cc2cnc(C(=O)Nc3ccc(C(=O)O)c(Cl)c3)[nH]2)nc1. The molecule has 1 amide bonds. The molecule has 0 unspecified atom stereocenters. The Labute approximate surface area is 199 Å². The maximum Gasteiger partial charge on any atom is 0.433 e. The first kappa shape index (κ1) is 23.8. The summed E-state index contributed by atoms with van der Waals surface area (Å²) in [5, 5.41) is 17.2. The van der Waals surface area contributed by atoms with E-state index in [-0.39, 0.29) is 51.2 Å². The van der Waals surface area contributed by atoms with Crippen molar-refractivity contribution in [3.8, 4) is 11.4 Å². The van der Waals surface area contributed by atoms with Gasteiger partial charge in [0, 0.05) is 29.6 Å². The van der Waals surface area contributed by atoms with Gasteiger partial charge in [0.05, 0.1) is 28.2 Å². The van der Waals surface area contributed by atoms with Crippen LogP contribution < -0.4 is 11.1 Å². The first-order valence-corrected chi connectivity index (χ1v) is 10.1. The van der Waals surface area contributed by atoms with Gasteiger partial charge in [0.25, 0.3) is 5.91 Å². The van der Waals surface area contributed by atoms with E-state index in [0.29, 0.717) is 5.69 Å². The lowest BCUT2D eigenvalue weighted by Gasteiger charge is -2.08. The van der Waals surface area contributed by atoms with Crippen LogP contribution in [0.5, 0.6) is 0 Å². The fraction of sp³-hybridized carbons (Fsp3) is 0.0952. The molecule has 35 heavy (non-hydrogen) atoms. The molecule has 0 atom stereocenters. The Morgan fingerprint density at radius 2 is 1.91 bits per heavy atom. The van der Waals surface area contributed by atoms with Gasteiger partial charge in [-0.15, -0.1) is 0 Å². The van der Waals surface area contributed by atoms with E-state index < -0.39 is 23.7 Å². The van der Waals surface area contributed by atoms with E-state index in [4.69, 9.17) is 22.4 Å². The minimum absolute atomic E-state index is 0.0221. The van der Waals surface area contributed by atoms with Crippen LogP contribution in [0.2, 0.25) is 5.02 Å². The normalized spacial score (nSPS) is 11.4. The van der Waals surface area contributed by atoms with Crippen LogP contribution in [0.1, 0.15) is 37.9 Å². The first-order valence-electron chi connectivity index (χ1n) is 9.77. The molecule has 0 saturated heterocycles. The lowest BCUT2D eigenvalue weighted by molar-refractivity contribution is -0.141. The molecule has 0 aliphatic heterocycles. The second-order valence-corrected chi connectivity index (χ2v) is 7.70. The Morgan fingerprint density at radius 3 is 2.54 bits per heavy atom. The van der Waals surface area contributed by atoms with Crippen molar-refractivity contribution in [2.75, 3.05) is 11.1 Å². The summed E-state index contributed by atoms with van der Waals surface area (Å²) in [6.07, 6.45) is -2.47. The van der Waals surface area contributed by atoms with E-state index in [1.807, 2.05) is 5.10 Å². The summed E-state index contributed by atoms with van der Waals surface area (Å²) < 4.78 is 40.7. The van der Waals surface area contributed by atoms with Gasteiger partial charge in [0.2, 0.25) is 0 Å². The number of carboxylic acids is 1. The largest absolute Gasteiger partial charge is 0.478 e. The van der Waals surface area contributed by atoms with Gasteiger partial charge in [-0.05, 0) is 30.3 Å². The van der Waals surface area contributed by atoms with Crippen LogP contribution in [-0.2, 0) is 12.6 Å². The predicted molar refractivity (Wildman–Crippen MR) is 119 cm³/mol. The van der Waals surface area contributed by atoms with Crippen molar-refractivity contribution in [2.45, 2.75) is 12.6 Å². The van der Waals surface area contributed by atoms with E-state index >= 15 is 0 Å². The molecule has 0 fully saturated rings. The zero-order chi connectivity index (χ0) is 25.3. The number of pyridine rings is 1. The monoisotopic (exact) mass is 505 g/mol. The molecule has 14 heteroatoms. The first-order chi connectivity index (χ1) is 16.5. The predicted octanol–water partition coefficient (Wildman–Crippen LogP) is 3.99. The van der Waals surface area contributed by atoms with Crippen LogP contribution in [-0.4, -0.2) is 42.1 Å².